The van der Waals surface area contributed by atoms with Gasteiger partial charge in [-0.15, -0.1) is 0 Å². The molecule has 0 atom stereocenters. The number of aromatic nitrogens is 2. The number of hydrogen-bond acceptors (Lipinski definition) is 4. The van der Waals surface area contributed by atoms with Crippen LogP contribution in [0.15, 0.2) is 66.9 Å². The first-order valence-electron chi connectivity index (χ1n) is 10.6. The van der Waals surface area contributed by atoms with Crippen LogP contribution in [0.25, 0.3) is 32.9 Å². The minimum atomic E-state index is -0.134. The highest BCUT2D eigenvalue weighted by Crippen LogP contribution is 2.41. The van der Waals surface area contributed by atoms with Crippen LogP contribution in [0.5, 0.6) is 17.2 Å². The number of aryl methyl sites for hydroxylation is 2. The largest absolute Gasteiger partial charge is 0.507 e. The Hall–Kier alpha value is -4.19. The molecule has 0 spiro atoms. The van der Waals surface area contributed by atoms with Crippen LogP contribution in [0.2, 0.25) is 0 Å². The number of nitrogens with zero attached hydrogens (tertiary/aromatic N) is 2. The quantitative estimate of drug-likeness (QED) is 0.377. The maximum atomic E-state index is 14.1. The van der Waals surface area contributed by atoms with Crippen molar-refractivity contribution in [3.63, 3.8) is 0 Å². The predicted molar refractivity (Wildman–Crippen MR) is 129 cm³/mol. The van der Waals surface area contributed by atoms with Gasteiger partial charge in [-0.2, -0.15) is 0 Å². The Balaban J connectivity index is 1.85. The number of ketones is 1. The Labute approximate surface area is 191 Å². The van der Waals surface area contributed by atoms with E-state index in [0.717, 1.165) is 21.8 Å². The van der Waals surface area contributed by atoms with E-state index in [2.05, 4.69) is 0 Å². The van der Waals surface area contributed by atoms with Crippen molar-refractivity contribution in [3.8, 4) is 28.4 Å². The van der Waals surface area contributed by atoms with Crippen molar-refractivity contribution < 1.29 is 19.4 Å². The van der Waals surface area contributed by atoms with Crippen LogP contribution in [0.3, 0.4) is 0 Å². The third-order valence-corrected chi connectivity index (χ3v) is 6.24. The number of methoxy groups -OCH3 is 2. The molecule has 0 aliphatic rings. The Morgan fingerprint density at radius 1 is 0.848 bits per heavy atom. The molecule has 0 amide bonds. The van der Waals surface area contributed by atoms with Gasteiger partial charge >= 0.3 is 0 Å². The van der Waals surface area contributed by atoms with Crippen molar-refractivity contribution in [1.82, 2.24) is 9.13 Å². The number of hydrogen-bond donors (Lipinski definition) is 1. The minimum absolute atomic E-state index is 0.112. The summed E-state index contributed by atoms with van der Waals surface area (Å²) in [5.74, 6) is 1.34. The fourth-order valence-corrected chi connectivity index (χ4v) is 4.58. The molecule has 0 fully saturated rings. The molecule has 1 N–H and O–H groups in total. The Bertz CT molecular complexity index is 1540. The lowest BCUT2D eigenvalue weighted by atomic mass is 9.96. The van der Waals surface area contributed by atoms with E-state index in [1.165, 1.54) is 0 Å². The average Bonchev–Trinajstić information content (AvgIpc) is 3.32. The third-order valence-electron chi connectivity index (χ3n) is 6.24. The van der Waals surface area contributed by atoms with Crippen molar-refractivity contribution >= 4 is 27.6 Å². The molecule has 3 aromatic carbocycles. The number of fused-ring (bicyclic) bond motifs is 2. The van der Waals surface area contributed by atoms with E-state index in [1.54, 1.807) is 26.4 Å². The number of benzene rings is 3. The molecular weight excluding hydrogens is 416 g/mol. The summed E-state index contributed by atoms with van der Waals surface area (Å²) in [6.45, 7) is 0. The average molecular weight is 440 g/mol. The van der Waals surface area contributed by atoms with Crippen molar-refractivity contribution in [3.05, 3.63) is 78.1 Å². The van der Waals surface area contributed by atoms with E-state index >= 15 is 0 Å². The van der Waals surface area contributed by atoms with Gasteiger partial charge in [0, 0.05) is 58.8 Å². The molecule has 5 aromatic rings. The molecule has 166 valence electrons. The lowest BCUT2D eigenvalue weighted by Crippen LogP contribution is -2.08. The molecule has 0 saturated heterocycles. The van der Waals surface area contributed by atoms with Gasteiger partial charge in [-0.3, -0.25) is 4.79 Å². The molecule has 0 saturated carbocycles. The van der Waals surface area contributed by atoms with Crippen molar-refractivity contribution in [1.29, 1.82) is 0 Å². The summed E-state index contributed by atoms with van der Waals surface area (Å²) in [6, 6.07) is 18.5. The maximum Gasteiger partial charge on any atom is 0.212 e. The van der Waals surface area contributed by atoms with Gasteiger partial charge < -0.3 is 23.7 Å². The van der Waals surface area contributed by atoms with E-state index in [9.17, 15) is 9.90 Å². The molecule has 33 heavy (non-hydrogen) atoms. The fourth-order valence-electron chi connectivity index (χ4n) is 4.58. The number of aromatic hydroxyl groups is 1. The third kappa shape index (κ3) is 3.14. The van der Waals surface area contributed by atoms with E-state index < -0.39 is 0 Å². The topological polar surface area (TPSA) is 65.6 Å². The predicted octanol–water partition coefficient (Wildman–Crippen LogP) is 5.29. The first-order chi connectivity index (χ1) is 15.9. The van der Waals surface area contributed by atoms with Gasteiger partial charge in [0.2, 0.25) is 5.78 Å². The second kappa shape index (κ2) is 7.74. The zero-order chi connectivity index (χ0) is 23.3. The molecule has 0 radical (unpaired) electrons. The number of ether oxygens (including phenoxy) is 2. The molecule has 2 aromatic heterocycles. The molecule has 0 unspecified atom stereocenters. The monoisotopic (exact) mass is 440 g/mol. The second-order valence-corrected chi connectivity index (χ2v) is 8.05. The van der Waals surface area contributed by atoms with Crippen LogP contribution >= 0.6 is 0 Å². The van der Waals surface area contributed by atoms with Crippen molar-refractivity contribution in [2.75, 3.05) is 14.2 Å². The van der Waals surface area contributed by atoms with Gasteiger partial charge in [0.15, 0.2) is 0 Å². The second-order valence-electron chi connectivity index (χ2n) is 8.05. The molecule has 0 aliphatic heterocycles. The number of carbonyl (C=O) groups excluding carboxylic acids is 1. The van der Waals surface area contributed by atoms with E-state index in [4.69, 9.17) is 9.47 Å². The molecule has 2 heterocycles. The van der Waals surface area contributed by atoms with Crippen molar-refractivity contribution in [2.24, 2.45) is 14.1 Å². The van der Waals surface area contributed by atoms with Crippen LogP contribution < -0.4 is 9.47 Å². The van der Waals surface area contributed by atoms with Crippen molar-refractivity contribution in [2.45, 2.75) is 0 Å². The lowest BCUT2D eigenvalue weighted by Gasteiger charge is -2.09. The summed E-state index contributed by atoms with van der Waals surface area (Å²) in [7, 11) is 7.01. The van der Waals surface area contributed by atoms with E-state index in [1.807, 2.05) is 78.0 Å². The number of carbonyl (C=O) groups is 1. The summed E-state index contributed by atoms with van der Waals surface area (Å²) in [5, 5.41) is 12.4. The number of para-hydroxylation sites is 1. The molecule has 0 bridgehead atoms. The van der Waals surface area contributed by atoms with Gasteiger partial charge in [-0.25, -0.2) is 0 Å². The van der Waals surface area contributed by atoms with Gasteiger partial charge in [0.25, 0.3) is 0 Å². The summed E-state index contributed by atoms with van der Waals surface area (Å²) in [5.41, 5.74) is 4.14. The highest BCUT2D eigenvalue weighted by Gasteiger charge is 2.27. The number of phenolic OH excluding ortho intramolecular Hbond substituents is 1. The summed E-state index contributed by atoms with van der Waals surface area (Å²) in [6.07, 6.45) is 1.85. The normalized spacial score (nSPS) is 11.3. The fraction of sp³-hybridized carbons (Fsp3) is 0.148. The van der Waals surface area contributed by atoms with Crippen LogP contribution in [0.1, 0.15) is 16.1 Å². The molecule has 6 heteroatoms. The summed E-state index contributed by atoms with van der Waals surface area (Å²) < 4.78 is 14.7. The highest BCUT2D eigenvalue weighted by atomic mass is 16.5. The smallest absolute Gasteiger partial charge is 0.212 e. The van der Waals surface area contributed by atoms with Crippen LogP contribution in [0.4, 0.5) is 0 Å². The van der Waals surface area contributed by atoms with Crippen LogP contribution in [0, 0.1) is 0 Å². The standard InChI is InChI=1S/C27H24N2O4/c1-28-15-21(19-13-16(32-3)9-11-22(19)28)27(31)26-25(18-7-5-6-8-24(18)30)20-14-17(33-4)10-12-23(20)29(26)2/h5-15,30H,1-4H3. The molecular formula is C27H24N2O4. The minimum Gasteiger partial charge on any atom is -0.507 e. The first kappa shape index (κ1) is 20.7. The van der Waals surface area contributed by atoms with Gasteiger partial charge in [0.05, 0.1) is 19.9 Å². The summed E-state index contributed by atoms with van der Waals surface area (Å²) in [4.78, 5) is 14.1. The van der Waals surface area contributed by atoms with Gasteiger partial charge in [0.1, 0.15) is 17.2 Å². The number of rotatable bonds is 5. The molecule has 6 nitrogen and oxygen atoms in total. The Kier molecular flexibility index (Phi) is 4.86. The van der Waals surface area contributed by atoms with Gasteiger partial charge in [-0.05, 0) is 42.5 Å². The summed E-state index contributed by atoms with van der Waals surface area (Å²) >= 11 is 0. The van der Waals surface area contributed by atoms with Gasteiger partial charge in [-0.1, -0.05) is 18.2 Å². The first-order valence-corrected chi connectivity index (χ1v) is 10.6. The lowest BCUT2D eigenvalue weighted by molar-refractivity contribution is 0.103. The Morgan fingerprint density at radius 3 is 2.15 bits per heavy atom. The maximum absolute atomic E-state index is 14.1. The SMILES string of the molecule is COc1ccc2c(c1)c(C(=O)c1c(-c3ccccc3O)c3cc(OC)ccc3n1C)cn2C. The molecule has 0 aliphatic carbocycles. The Morgan fingerprint density at radius 2 is 1.48 bits per heavy atom. The highest BCUT2D eigenvalue weighted by molar-refractivity contribution is 6.22. The molecule has 5 rings (SSSR count). The number of phenols is 1. The zero-order valence-electron chi connectivity index (χ0n) is 18.9. The van der Waals surface area contributed by atoms with E-state index in [0.29, 0.717) is 33.9 Å². The zero-order valence-corrected chi connectivity index (χ0v) is 18.9. The van der Waals surface area contributed by atoms with E-state index in [-0.39, 0.29) is 11.5 Å². The van der Waals surface area contributed by atoms with Crippen LogP contribution in [-0.4, -0.2) is 34.2 Å². The van der Waals surface area contributed by atoms with Crippen LogP contribution in [-0.2, 0) is 14.1 Å².